The Balaban J connectivity index is 1.77. The van der Waals surface area contributed by atoms with Gasteiger partial charge in [0.15, 0.2) is 0 Å². The summed E-state index contributed by atoms with van der Waals surface area (Å²) in [5.74, 6) is 0.873. The zero-order chi connectivity index (χ0) is 22.7. The van der Waals surface area contributed by atoms with Gasteiger partial charge in [-0.1, -0.05) is 52.7 Å². The molecule has 0 radical (unpaired) electrons. The van der Waals surface area contributed by atoms with Crippen molar-refractivity contribution >= 4 is 23.2 Å². The first kappa shape index (κ1) is 22.0. The van der Waals surface area contributed by atoms with Gasteiger partial charge in [0.05, 0.1) is 11.6 Å². The molecule has 1 aromatic heterocycles. The van der Waals surface area contributed by atoms with Crippen molar-refractivity contribution in [3.63, 3.8) is 0 Å². The molecule has 1 unspecified atom stereocenters. The smallest absolute Gasteiger partial charge is 0.322 e. The molecule has 7 nitrogen and oxygen atoms in total. The second-order valence-corrected chi connectivity index (χ2v) is 8.16. The largest absolute Gasteiger partial charge is 0.385 e. The van der Waals surface area contributed by atoms with E-state index in [2.05, 4.69) is 15.5 Å². The van der Waals surface area contributed by atoms with Crippen molar-refractivity contribution < 1.29 is 14.1 Å². The molecule has 3 aromatic rings. The van der Waals surface area contributed by atoms with Crippen molar-refractivity contribution in [2.75, 3.05) is 20.3 Å². The number of hydrogen-bond donors (Lipinski definition) is 1. The van der Waals surface area contributed by atoms with Crippen LogP contribution < -0.4 is 5.32 Å². The van der Waals surface area contributed by atoms with Gasteiger partial charge in [-0.2, -0.15) is 4.98 Å². The summed E-state index contributed by atoms with van der Waals surface area (Å²) in [5, 5.41) is 7.91. The lowest BCUT2D eigenvalue weighted by molar-refractivity contribution is 0.174. The van der Waals surface area contributed by atoms with Crippen molar-refractivity contribution in [3.8, 4) is 11.4 Å². The Labute approximate surface area is 192 Å². The van der Waals surface area contributed by atoms with Gasteiger partial charge in [0.1, 0.15) is 0 Å². The number of halogens is 1. The molecule has 4 rings (SSSR count). The summed E-state index contributed by atoms with van der Waals surface area (Å²) in [6, 6.07) is 14.7. The van der Waals surface area contributed by atoms with Crippen LogP contribution in [0.15, 0.2) is 58.8 Å². The zero-order valence-electron chi connectivity index (χ0n) is 18.3. The Morgan fingerprint density at radius 3 is 2.69 bits per heavy atom. The van der Waals surface area contributed by atoms with E-state index in [1.807, 2.05) is 50.2 Å². The third-order valence-electron chi connectivity index (χ3n) is 5.46. The van der Waals surface area contributed by atoms with Gasteiger partial charge in [-0.25, -0.2) is 4.79 Å². The lowest BCUT2D eigenvalue weighted by Crippen LogP contribution is -2.46. The summed E-state index contributed by atoms with van der Waals surface area (Å²) in [4.78, 5) is 19.3. The van der Waals surface area contributed by atoms with Gasteiger partial charge in [0, 0.05) is 36.5 Å². The number of ether oxygens (including phenoxy) is 1. The van der Waals surface area contributed by atoms with Crippen LogP contribution in [0.3, 0.4) is 0 Å². The Bertz CT molecular complexity index is 1140. The third-order valence-corrected chi connectivity index (χ3v) is 5.71. The summed E-state index contributed by atoms with van der Waals surface area (Å²) in [6.45, 7) is 4.99. The molecule has 1 atom stereocenters. The zero-order valence-corrected chi connectivity index (χ0v) is 19.0. The van der Waals surface area contributed by atoms with Gasteiger partial charge in [-0.3, -0.25) is 4.90 Å². The summed E-state index contributed by atoms with van der Waals surface area (Å²) in [6.07, 6.45) is 0.707. The second-order valence-electron chi connectivity index (χ2n) is 7.72. The van der Waals surface area contributed by atoms with Crippen molar-refractivity contribution in [2.24, 2.45) is 0 Å². The van der Waals surface area contributed by atoms with Crippen LogP contribution in [-0.2, 0) is 4.74 Å². The van der Waals surface area contributed by atoms with Crippen molar-refractivity contribution in [2.45, 2.75) is 26.3 Å². The summed E-state index contributed by atoms with van der Waals surface area (Å²) >= 11 is 6.08. The molecule has 0 saturated heterocycles. The lowest BCUT2D eigenvalue weighted by atomic mass is 9.94. The SMILES string of the molecule is COCCCN1C(=O)NC(c2ccc(Cl)cc2)C(c2nc(-c3cccc(C)c3)no2)=C1C. The van der Waals surface area contributed by atoms with E-state index in [-0.39, 0.29) is 6.03 Å². The minimum Gasteiger partial charge on any atom is -0.385 e. The average molecular weight is 453 g/mol. The number of carbonyl (C=O) groups is 1. The maximum Gasteiger partial charge on any atom is 0.322 e. The minimum atomic E-state index is -0.441. The predicted molar refractivity (Wildman–Crippen MR) is 123 cm³/mol. The van der Waals surface area contributed by atoms with Gasteiger partial charge in [0.25, 0.3) is 5.89 Å². The number of aryl methyl sites for hydroxylation is 1. The molecular formula is C24H25ClN4O3. The lowest BCUT2D eigenvalue weighted by Gasteiger charge is -2.35. The minimum absolute atomic E-state index is 0.180. The fraction of sp³-hybridized carbons (Fsp3) is 0.292. The number of amides is 2. The molecule has 0 fully saturated rings. The van der Waals surface area contributed by atoms with Crippen LogP contribution in [0.5, 0.6) is 0 Å². The fourth-order valence-electron chi connectivity index (χ4n) is 3.83. The van der Waals surface area contributed by atoms with Gasteiger partial charge < -0.3 is 14.6 Å². The molecule has 0 spiro atoms. The second kappa shape index (κ2) is 9.54. The maximum atomic E-state index is 12.9. The molecule has 2 amide bonds. The quantitative estimate of drug-likeness (QED) is 0.496. The Morgan fingerprint density at radius 2 is 1.97 bits per heavy atom. The Hall–Kier alpha value is -3.16. The van der Waals surface area contributed by atoms with Crippen LogP contribution in [0.4, 0.5) is 4.79 Å². The van der Waals surface area contributed by atoms with Crippen molar-refractivity contribution in [1.82, 2.24) is 20.4 Å². The molecule has 2 heterocycles. The molecule has 2 aromatic carbocycles. The van der Waals surface area contributed by atoms with Gasteiger partial charge >= 0.3 is 6.03 Å². The summed E-state index contributed by atoms with van der Waals surface area (Å²) in [5.41, 5.74) is 4.39. The highest BCUT2D eigenvalue weighted by atomic mass is 35.5. The van der Waals surface area contributed by atoms with E-state index in [1.165, 1.54) is 0 Å². The van der Waals surface area contributed by atoms with E-state index in [0.717, 1.165) is 28.0 Å². The van der Waals surface area contributed by atoms with Gasteiger partial charge in [-0.15, -0.1) is 0 Å². The number of allylic oxidation sites excluding steroid dienone is 1. The van der Waals surface area contributed by atoms with Crippen LogP contribution in [0, 0.1) is 6.92 Å². The monoisotopic (exact) mass is 452 g/mol. The van der Waals surface area contributed by atoms with E-state index >= 15 is 0 Å². The number of nitrogens with zero attached hydrogens (tertiary/aromatic N) is 3. The maximum absolute atomic E-state index is 12.9. The molecule has 1 aliphatic rings. The van der Waals surface area contributed by atoms with Gasteiger partial charge in [0.2, 0.25) is 5.82 Å². The number of methoxy groups -OCH3 is 1. The van der Waals surface area contributed by atoms with Crippen LogP contribution in [0.1, 0.15) is 36.4 Å². The molecule has 0 aliphatic carbocycles. The molecule has 1 aliphatic heterocycles. The first-order valence-corrected chi connectivity index (χ1v) is 10.8. The number of hydrogen-bond acceptors (Lipinski definition) is 5. The number of urea groups is 1. The van der Waals surface area contributed by atoms with Crippen molar-refractivity contribution in [1.29, 1.82) is 0 Å². The van der Waals surface area contributed by atoms with Crippen LogP contribution in [0.2, 0.25) is 5.02 Å². The molecule has 8 heteroatoms. The van der Waals surface area contributed by atoms with Crippen LogP contribution in [0.25, 0.3) is 17.0 Å². The first-order chi connectivity index (χ1) is 15.5. The molecular weight excluding hydrogens is 428 g/mol. The molecule has 166 valence electrons. The standard InChI is InChI=1S/C24H25ClN4O3/c1-15-6-4-7-18(14-15)22-27-23(32-28-22)20-16(2)29(12-5-13-31-3)24(30)26-21(20)17-8-10-19(25)11-9-17/h4,6-11,14,21H,5,12-13H2,1-3H3,(H,26,30). The number of rotatable bonds is 7. The fourth-order valence-corrected chi connectivity index (χ4v) is 3.96. The van der Waals surface area contributed by atoms with Crippen molar-refractivity contribution in [3.05, 3.63) is 76.3 Å². The van der Waals surface area contributed by atoms with Crippen LogP contribution >= 0.6 is 11.6 Å². The van der Waals surface area contributed by atoms with E-state index < -0.39 is 6.04 Å². The number of nitrogens with one attached hydrogen (secondary N) is 1. The first-order valence-electron chi connectivity index (χ1n) is 10.4. The normalized spacial score (nSPS) is 16.4. The van der Waals surface area contributed by atoms with E-state index in [0.29, 0.717) is 36.3 Å². The number of aromatic nitrogens is 2. The van der Waals surface area contributed by atoms with E-state index in [9.17, 15) is 4.79 Å². The van der Waals surface area contributed by atoms with E-state index in [1.54, 1.807) is 24.1 Å². The highest BCUT2D eigenvalue weighted by Crippen LogP contribution is 2.37. The molecule has 1 N–H and O–H groups in total. The van der Waals surface area contributed by atoms with Crippen LogP contribution in [-0.4, -0.2) is 41.3 Å². The summed E-state index contributed by atoms with van der Waals surface area (Å²) in [7, 11) is 1.65. The topological polar surface area (TPSA) is 80.5 Å². The highest BCUT2D eigenvalue weighted by Gasteiger charge is 2.35. The molecule has 0 saturated carbocycles. The summed E-state index contributed by atoms with van der Waals surface area (Å²) < 4.78 is 10.9. The Kier molecular flexibility index (Phi) is 6.58. The average Bonchev–Trinajstić information content (AvgIpc) is 3.26. The predicted octanol–water partition coefficient (Wildman–Crippen LogP) is 5.23. The molecule has 0 bridgehead atoms. The van der Waals surface area contributed by atoms with Gasteiger partial charge in [-0.05, 0) is 44.0 Å². The van der Waals surface area contributed by atoms with E-state index in [4.69, 9.17) is 20.9 Å². The molecule has 32 heavy (non-hydrogen) atoms. The number of carbonyl (C=O) groups excluding carboxylic acids is 1. The highest BCUT2D eigenvalue weighted by molar-refractivity contribution is 6.30. The Morgan fingerprint density at radius 1 is 1.19 bits per heavy atom. The number of benzene rings is 2. The third kappa shape index (κ3) is 4.54.